The molecule has 4 nitrogen and oxygen atoms in total. The lowest BCUT2D eigenvalue weighted by atomic mass is 9.77. The van der Waals surface area contributed by atoms with Crippen LogP contribution in [-0.4, -0.2) is 14.1 Å². The van der Waals surface area contributed by atoms with Gasteiger partial charge in [-0.15, -0.1) is 0 Å². The van der Waals surface area contributed by atoms with E-state index in [4.69, 9.17) is 4.98 Å². The summed E-state index contributed by atoms with van der Waals surface area (Å²) in [6, 6.07) is 55.2. The van der Waals surface area contributed by atoms with Crippen LogP contribution >= 0.6 is 0 Å². The molecule has 0 aliphatic heterocycles. The van der Waals surface area contributed by atoms with E-state index < -0.39 is 0 Å². The molecule has 0 aliphatic carbocycles. The van der Waals surface area contributed by atoms with Gasteiger partial charge in [0, 0.05) is 22.4 Å². The molecule has 55 heavy (non-hydrogen) atoms. The Kier molecular flexibility index (Phi) is 8.50. The molecule has 0 amide bonds. The molecule has 3 aromatic heterocycles. The molecule has 0 radical (unpaired) electrons. The average molecular weight is 716 g/mol. The van der Waals surface area contributed by atoms with E-state index in [1.54, 1.807) is 0 Å². The van der Waals surface area contributed by atoms with Gasteiger partial charge >= 0.3 is 0 Å². The Labute approximate surface area is 324 Å². The first-order valence-electron chi connectivity index (χ1n) is 19.5. The van der Waals surface area contributed by atoms with Gasteiger partial charge in [0.25, 0.3) is 6.33 Å². The Morgan fingerprint density at radius 2 is 1.22 bits per heavy atom. The van der Waals surface area contributed by atoms with E-state index in [2.05, 4.69) is 213 Å². The van der Waals surface area contributed by atoms with Crippen molar-refractivity contribution in [1.29, 1.82) is 0 Å². The van der Waals surface area contributed by atoms with Gasteiger partial charge in [-0.25, -0.2) is 4.98 Å². The van der Waals surface area contributed by atoms with Crippen LogP contribution in [0.15, 0.2) is 164 Å². The van der Waals surface area contributed by atoms with E-state index in [9.17, 15) is 0 Å². The van der Waals surface area contributed by atoms with E-state index in [1.807, 2.05) is 6.20 Å². The average Bonchev–Trinajstić information content (AvgIpc) is 3.77. The molecule has 0 saturated heterocycles. The molecule has 0 fully saturated rings. The van der Waals surface area contributed by atoms with Gasteiger partial charge in [-0.3, -0.25) is 4.57 Å². The second kappa shape index (κ2) is 13.5. The molecule has 9 rings (SSSR count). The molecule has 0 spiro atoms. The minimum atomic E-state index is -0.290. The van der Waals surface area contributed by atoms with Crippen molar-refractivity contribution in [2.24, 2.45) is 0 Å². The van der Waals surface area contributed by atoms with Crippen LogP contribution in [-0.2, 0) is 5.41 Å². The second-order valence-corrected chi connectivity index (χ2v) is 16.0. The summed E-state index contributed by atoms with van der Waals surface area (Å²) >= 11 is 0. The van der Waals surface area contributed by atoms with Gasteiger partial charge in [-0.05, 0) is 106 Å². The predicted octanol–water partition coefficient (Wildman–Crippen LogP) is 12.6. The zero-order valence-corrected chi connectivity index (χ0v) is 32.5. The van der Waals surface area contributed by atoms with E-state index in [1.165, 1.54) is 55.2 Å². The maximum Gasteiger partial charge on any atom is 0.255 e. The lowest BCUT2D eigenvalue weighted by molar-refractivity contribution is -0.567. The first-order valence-corrected chi connectivity index (χ1v) is 19.5. The Morgan fingerprint density at radius 3 is 1.98 bits per heavy atom. The number of hydrogen-bond acceptors (Lipinski definition) is 1. The van der Waals surface area contributed by atoms with E-state index in [-0.39, 0.29) is 5.41 Å². The van der Waals surface area contributed by atoms with Crippen LogP contribution in [0.5, 0.6) is 0 Å². The van der Waals surface area contributed by atoms with Crippen LogP contribution in [0, 0.1) is 0 Å². The quantitative estimate of drug-likeness (QED) is 0.144. The van der Waals surface area contributed by atoms with E-state index in [0.717, 1.165) is 28.2 Å². The lowest BCUT2D eigenvalue weighted by Crippen LogP contribution is -2.28. The minimum absolute atomic E-state index is 0.290. The highest BCUT2D eigenvalue weighted by molar-refractivity contribution is 6.09. The van der Waals surface area contributed by atoms with Crippen molar-refractivity contribution in [2.75, 3.05) is 0 Å². The van der Waals surface area contributed by atoms with Gasteiger partial charge in [0.05, 0.1) is 11.0 Å². The summed E-state index contributed by atoms with van der Waals surface area (Å²) in [6.45, 7) is 13.8. The van der Waals surface area contributed by atoms with Crippen molar-refractivity contribution < 1.29 is 4.57 Å². The van der Waals surface area contributed by atoms with Crippen LogP contribution in [0.2, 0.25) is 0 Å². The fraction of sp³-hybridized carbons (Fsp3) is 0.176. The summed E-state index contributed by atoms with van der Waals surface area (Å²) in [7, 11) is 0. The summed E-state index contributed by atoms with van der Waals surface area (Å²) < 4.78 is 6.95. The van der Waals surface area contributed by atoms with E-state index in [0.29, 0.717) is 11.8 Å². The highest BCUT2D eigenvalue weighted by Gasteiger charge is 2.27. The largest absolute Gasteiger partial charge is 0.294 e. The Bertz CT molecular complexity index is 2830. The molecule has 0 aliphatic rings. The maximum absolute atomic E-state index is 5.06. The van der Waals surface area contributed by atoms with Crippen LogP contribution in [0.1, 0.15) is 75.6 Å². The predicted molar refractivity (Wildman–Crippen MR) is 229 cm³/mol. The van der Waals surface area contributed by atoms with Gasteiger partial charge in [0.15, 0.2) is 11.0 Å². The number of nitrogens with zero attached hydrogens (tertiary/aromatic N) is 4. The van der Waals surface area contributed by atoms with Gasteiger partial charge in [0.2, 0.25) is 0 Å². The number of benzene rings is 6. The number of hydrogen-bond donors (Lipinski definition) is 0. The van der Waals surface area contributed by atoms with Gasteiger partial charge in [-0.1, -0.05) is 133 Å². The summed E-state index contributed by atoms with van der Waals surface area (Å²) in [5.41, 5.74) is 14.4. The van der Waals surface area contributed by atoms with Crippen molar-refractivity contribution in [1.82, 2.24) is 14.1 Å². The molecule has 0 saturated carbocycles. The normalized spacial score (nSPS) is 12.1. The molecular formula is C51H47N4+. The van der Waals surface area contributed by atoms with Crippen LogP contribution in [0.4, 0.5) is 0 Å². The number of pyridine rings is 1. The molecule has 270 valence electrons. The zero-order valence-electron chi connectivity index (χ0n) is 32.5. The van der Waals surface area contributed by atoms with Crippen molar-refractivity contribution in [3.8, 4) is 28.3 Å². The summed E-state index contributed by atoms with van der Waals surface area (Å²) in [5, 5.41) is 2.46. The highest BCUT2D eigenvalue weighted by Crippen LogP contribution is 2.40. The molecule has 6 aromatic carbocycles. The molecule has 0 atom stereocenters. The Morgan fingerprint density at radius 1 is 0.564 bits per heavy atom. The smallest absolute Gasteiger partial charge is 0.255 e. The minimum Gasteiger partial charge on any atom is -0.294 e. The first-order chi connectivity index (χ1) is 26.7. The van der Waals surface area contributed by atoms with Crippen LogP contribution in [0.25, 0.3) is 61.2 Å². The molecule has 9 aromatic rings. The molecule has 4 heteroatoms. The maximum atomic E-state index is 5.06. The third-order valence-electron chi connectivity index (χ3n) is 11.5. The Balaban J connectivity index is 1.18. The second-order valence-electron chi connectivity index (χ2n) is 16.0. The number of aromatic nitrogens is 4. The summed E-state index contributed by atoms with van der Waals surface area (Å²) in [4.78, 5) is 5.06. The van der Waals surface area contributed by atoms with Crippen LogP contribution in [0.3, 0.4) is 0 Å². The number of para-hydroxylation sites is 4. The molecule has 0 unspecified atom stereocenters. The standard InChI is InChI=1S/C51H47N4/c1-34(2)41-21-15-22-42(35(3)4)50(41)36-28-29-52-49(30-36)55-45-23-11-10-20-43(45)44-27-26-38(32-48(44)55)51(5,6)37-16-14-19-40(31-37)54-33-53(39-17-8-7-9-18-39)46-24-12-13-25-47(46)54/h7-35H,1-6H3/q+1. The van der Waals surface area contributed by atoms with E-state index >= 15 is 0 Å². The fourth-order valence-electron chi connectivity index (χ4n) is 8.51. The number of fused-ring (bicyclic) bond motifs is 4. The molecule has 0 bridgehead atoms. The molecular weight excluding hydrogens is 669 g/mol. The summed E-state index contributed by atoms with van der Waals surface area (Å²) in [6.07, 6.45) is 4.19. The van der Waals surface area contributed by atoms with Gasteiger partial charge in [0.1, 0.15) is 17.2 Å². The monoisotopic (exact) mass is 715 g/mol. The zero-order chi connectivity index (χ0) is 37.8. The summed E-state index contributed by atoms with van der Waals surface area (Å²) in [5.74, 6) is 1.74. The van der Waals surface area contributed by atoms with Crippen molar-refractivity contribution in [2.45, 2.75) is 58.8 Å². The lowest BCUT2D eigenvalue weighted by Gasteiger charge is -2.26. The van der Waals surface area contributed by atoms with Crippen LogP contribution < -0.4 is 4.57 Å². The first kappa shape index (κ1) is 34.5. The number of rotatable bonds is 8. The van der Waals surface area contributed by atoms with Gasteiger partial charge in [-0.2, -0.15) is 9.13 Å². The van der Waals surface area contributed by atoms with Crippen molar-refractivity contribution in [3.05, 3.63) is 186 Å². The third-order valence-corrected chi connectivity index (χ3v) is 11.5. The highest BCUT2D eigenvalue weighted by atomic mass is 15.1. The molecule has 3 heterocycles. The van der Waals surface area contributed by atoms with Gasteiger partial charge < -0.3 is 0 Å². The topological polar surface area (TPSA) is 26.6 Å². The van der Waals surface area contributed by atoms with Crippen molar-refractivity contribution >= 4 is 32.8 Å². The SMILES string of the molecule is CC(C)c1cccc(C(C)C)c1-c1ccnc(-n2c3ccccc3c3ccc(C(C)(C)c4cccc(-n5c[n+](-c6ccccc6)c6ccccc65)c4)cc32)c1. The third kappa shape index (κ3) is 5.84. The fourth-order valence-corrected chi connectivity index (χ4v) is 8.51. The number of imidazole rings is 1. The van der Waals surface area contributed by atoms with Crippen molar-refractivity contribution in [3.63, 3.8) is 0 Å². The Hall–Kier alpha value is -6.26. The molecule has 0 N–H and O–H groups in total.